The first-order chi connectivity index (χ1) is 13.8. The lowest BCUT2D eigenvalue weighted by atomic mass is 9.47. The third-order valence-corrected chi connectivity index (χ3v) is 10.7. The van der Waals surface area contributed by atoms with Crippen molar-refractivity contribution in [3.63, 3.8) is 0 Å². The molecule has 0 heterocycles. The predicted molar refractivity (Wildman–Crippen MR) is 126 cm³/mol. The first-order valence-corrected chi connectivity index (χ1v) is 13.2. The molecule has 4 aliphatic rings. The van der Waals surface area contributed by atoms with E-state index >= 15 is 0 Å². The van der Waals surface area contributed by atoms with Gasteiger partial charge in [-0.2, -0.15) is 0 Å². The average molecular weight is 400 g/mol. The van der Waals surface area contributed by atoms with E-state index in [2.05, 4.69) is 53.1 Å². The van der Waals surface area contributed by atoms with Gasteiger partial charge in [0.25, 0.3) is 0 Å². The molecule has 1 N–H and O–H groups in total. The Morgan fingerprint density at radius 3 is 2.52 bits per heavy atom. The van der Waals surface area contributed by atoms with Gasteiger partial charge in [-0.15, -0.1) is 0 Å². The maximum absolute atomic E-state index is 3.57. The lowest BCUT2D eigenvalue weighted by Gasteiger charge is -2.58. The predicted octanol–water partition coefficient (Wildman–Crippen LogP) is 7.62. The summed E-state index contributed by atoms with van der Waals surface area (Å²) >= 11 is 0. The van der Waals surface area contributed by atoms with Crippen LogP contribution in [0.2, 0.25) is 0 Å². The Bertz CT molecular complexity index is 605. The van der Waals surface area contributed by atoms with Crippen LogP contribution in [0.4, 0.5) is 0 Å². The van der Waals surface area contributed by atoms with Crippen molar-refractivity contribution >= 4 is 0 Å². The topological polar surface area (TPSA) is 12.0 Å². The summed E-state index contributed by atoms with van der Waals surface area (Å²) in [6.45, 7) is 12.8. The van der Waals surface area contributed by atoms with E-state index in [0.717, 1.165) is 41.5 Å². The molecule has 0 aromatic heterocycles. The number of fused-ring (bicyclic) bond motifs is 5. The van der Waals surface area contributed by atoms with Gasteiger partial charge in [-0.05, 0) is 105 Å². The molecule has 5 unspecified atom stereocenters. The van der Waals surface area contributed by atoms with E-state index in [1.807, 2.05) is 5.57 Å². The van der Waals surface area contributed by atoms with Crippen LogP contribution in [0.15, 0.2) is 11.6 Å². The van der Waals surface area contributed by atoms with Crippen LogP contribution in [-0.4, -0.2) is 13.1 Å². The van der Waals surface area contributed by atoms with Gasteiger partial charge >= 0.3 is 0 Å². The Labute approximate surface area is 181 Å². The van der Waals surface area contributed by atoms with E-state index < -0.39 is 0 Å². The fraction of sp³-hybridized carbons (Fsp3) is 0.929. The van der Waals surface area contributed by atoms with Gasteiger partial charge in [0.1, 0.15) is 0 Å². The van der Waals surface area contributed by atoms with Gasteiger partial charge in [0.2, 0.25) is 0 Å². The smallest absolute Gasteiger partial charge is 0.0102 e. The quantitative estimate of drug-likeness (QED) is 0.453. The molecule has 0 aliphatic heterocycles. The molecule has 0 aromatic rings. The number of nitrogens with one attached hydrogen (secondary N) is 1. The van der Waals surface area contributed by atoms with Crippen LogP contribution in [0.3, 0.4) is 0 Å². The third kappa shape index (κ3) is 3.77. The number of rotatable bonds is 6. The fourth-order valence-electron chi connectivity index (χ4n) is 8.93. The standard InChI is InChI=1S/C28H49N/c1-19(2)8-7-9-20(3)24-12-13-25-23-11-10-21-18-22(29-6)14-16-27(21,4)26(23)15-17-28(24,25)5/h10,19-20,22-26,29H,7-9,11-18H2,1-6H3/t20-,22+,23-,24?,25?,26?,27?,28?/m1/s1. The summed E-state index contributed by atoms with van der Waals surface area (Å²) in [5.74, 6) is 5.72. The van der Waals surface area contributed by atoms with Gasteiger partial charge in [-0.25, -0.2) is 0 Å². The largest absolute Gasteiger partial charge is 0.317 e. The summed E-state index contributed by atoms with van der Waals surface area (Å²) in [6, 6.07) is 0.724. The van der Waals surface area contributed by atoms with Crippen LogP contribution in [-0.2, 0) is 0 Å². The van der Waals surface area contributed by atoms with Crippen molar-refractivity contribution in [2.24, 2.45) is 46.3 Å². The molecule has 8 atom stereocenters. The van der Waals surface area contributed by atoms with Crippen LogP contribution in [0.5, 0.6) is 0 Å². The summed E-state index contributed by atoms with van der Waals surface area (Å²) in [4.78, 5) is 0. The molecular formula is C28H49N. The van der Waals surface area contributed by atoms with Crippen molar-refractivity contribution in [1.82, 2.24) is 5.32 Å². The maximum atomic E-state index is 3.57. The van der Waals surface area contributed by atoms with Crippen molar-refractivity contribution in [3.8, 4) is 0 Å². The molecule has 4 rings (SSSR count). The Hall–Kier alpha value is -0.300. The van der Waals surface area contributed by atoms with Gasteiger partial charge in [0.05, 0.1) is 0 Å². The molecule has 0 amide bonds. The average Bonchev–Trinajstić information content (AvgIpc) is 3.04. The Morgan fingerprint density at radius 2 is 1.79 bits per heavy atom. The maximum Gasteiger partial charge on any atom is 0.0102 e. The molecule has 166 valence electrons. The Balaban J connectivity index is 1.48. The molecule has 0 spiro atoms. The van der Waals surface area contributed by atoms with Gasteiger partial charge in [-0.3, -0.25) is 0 Å². The summed E-state index contributed by atoms with van der Waals surface area (Å²) in [5, 5.41) is 3.57. The SMILES string of the molecule is CN[C@H]1CCC2(C)C(=CC[C@H]3C2CCC2(C)C3CCC2[C@H](C)CCCC(C)C)C1. The molecular weight excluding hydrogens is 350 g/mol. The molecule has 0 aromatic carbocycles. The van der Waals surface area contributed by atoms with Gasteiger partial charge in [-0.1, -0.05) is 65.5 Å². The second-order valence-corrected chi connectivity index (χ2v) is 12.5. The van der Waals surface area contributed by atoms with Crippen LogP contribution < -0.4 is 5.32 Å². The van der Waals surface area contributed by atoms with Gasteiger partial charge in [0, 0.05) is 6.04 Å². The van der Waals surface area contributed by atoms with E-state index in [-0.39, 0.29) is 0 Å². The Kier molecular flexibility index (Phi) is 6.29. The highest BCUT2D eigenvalue weighted by atomic mass is 14.9. The number of hydrogen-bond donors (Lipinski definition) is 1. The van der Waals surface area contributed by atoms with Crippen molar-refractivity contribution < 1.29 is 0 Å². The zero-order chi connectivity index (χ0) is 20.8. The van der Waals surface area contributed by atoms with Crippen LogP contribution >= 0.6 is 0 Å². The second kappa shape index (κ2) is 8.33. The molecule has 1 heteroatoms. The van der Waals surface area contributed by atoms with Gasteiger partial charge < -0.3 is 5.32 Å². The fourth-order valence-corrected chi connectivity index (χ4v) is 8.93. The lowest BCUT2D eigenvalue weighted by Crippen LogP contribution is -2.51. The highest BCUT2D eigenvalue weighted by molar-refractivity contribution is 5.25. The molecule has 1 nitrogen and oxygen atoms in total. The molecule has 3 fully saturated rings. The Morgan fingerprint density at radius 1 is 1.00 bits per heavy atom. The highest BCUT2D eigenvalue weighted by Crippen LogP contribution is 2.67. The van der Waals surface area contributed by atoms with Crippen molar-refractivity contribution in [2.75, 3.05) is 7.05 Å². The zero-order valence-corrected chi connectivity index (χ0v) is 20.4. The monoisotopic (exact) mass is 399 g/mol. The van der Waals surface area contributed by atoms with Crippen LogP contribution in [0.1, 0.15) is 105 Å². The van der Waals surface area contributed by atoms with Gasteiger partial charge in [0.15, 0.2) is 0 Å². The summed E-state index contributed by atoms with van der Waals surface area (Å²) in [5.41, 5.74) is 2.96. The molecule has 0 radical (unpaired) electrons. The normalized spacial score (nSPS) is 45.3. The zero-order valence-electron chi connectivity index (χ0n) is 20.4. The minimum absolute atomic E-state index is 0.512. The molecule has 0 saturated heterocycles. The first kappa shape index (κ1) is 21.9. The van der Waals surface area contributed by atoms with Crippen molar-refractivity contribution in [3.05, 3.63) is 11.6 Å². The van der Waals surface area contributed by atoms with Crippen LogP contribution in [0.25, 0.3) is 0 Å². The van der Waals surface area contributed by atoms with Crippen LogP contribution in [0, 0.1) is 46.3 Å². The van der Waals surface area contributed by atoms with E-state index in [9.17, 15) is 0 Å². The molecule has 3 saturated carbocycles. The number of hydrogen-bond acceptors (Lipinski definition) is 1. The second-order valence-electron chi connectivity index (χ2n) is 12.5. The van der Waals surface area contributed by atoms with E-state index in [1.54, 1.807) is 0 Å². The van der Waals surface area contributed by atoms with E-state index in [1.165, 1.54) is 70.6 Å². The lowest BCUT2D eigenvalue weighted by molar-refractivity contribution is -0.0513. The highest BCUT2D eigenvalue weighted by Gasteiger charge is 2.59. The molecule has 4 aliphatic carbocycles. The van der Waals surface area contributed by atoms with E-state index in [4.69, 9.17) is 0 Å². The first-order valence-electron chi connectivity index (χ1n) is 13.2. The number of allylic oxidation sites excluding steroid dienone is 1. The minimum Gasteiger partial charge on any atom is -0.317 e. The summed E-state index contributed by atoms with van der Waals surface area (Å²) in [7, 11) is 2.16. The van der Waals surface area contributed by atoms with E-state index in [0.29, 0.717) is 10.8 Å². The molecule has 0 bridgehead atoms. The van der Waals surface area contributed by atoms with Crippen molar-refractivity contribution in [1.29, 1.82) is 0 Å². The summed E-state index contributed by atoms with van der Waals surface area (Å²) < 4.78 is 0. The molecule has 29 heavy (non-hydrogen) atoms. The van der Waals surface area contributed by atoms with Crippen molar-refractivity contribution in [2.45, 2.75) is 111 Å². The summed E-state index contributed by atoms with van der Waals surface area (Å²) in [6.07, 6.45) is 18.6. The third-order valence-electron chi connectivity index (χ3n) is 10.7. The minimum atomic E-state index is 0.512.